The van der Waals surface area contributed by atoms with Crippen molar-refractivity contribution < 1.29 is 29.0 Å². The largest absolute Gasteiger partial charge is 0.789 e. The molecule has 0 aromatic heterocycles. The van der Waals surface area contributed by atoms with Gasteiger partial charge in [-0.1, -0.05) is 0 Å². The summed E-state index contributed by atoms with van der Waals surface area (Å²) in [6.45, 7) is 0. The summed E-state index contributed by atoms with van der Waals surface area (Å²) in [5, 5.41) is 17.3. The summed E-state index contributed by atoms with van der Waals surface area (Å²) in [5.41, 5.74) is 0. The Hall–Kier alpha value is -1.08. The van der Waals surface area contributed by atoms with E-state index >= 15 is 0 Å². The fourth-order valence-electron chi connectivity index (χ4n) is 0.604. The molecule has 1 saturated heterocycles. The van der Waals surface area contributed by atoms with Crippen molar-refractivity contribution in [3.63, 3.8) is 0 Å². The summed E-state index contributed by atoms with van der Waals surface area (Å²) in [6, 6.07) is 0. The fourth-order valence-corrected chi connectivity index (χ4v) is 0.604. The lowest BCUT2D eigenvalue weighted by atomic mass is 10.2. The van der Waals surface area contributed by atoms with Gasteiger partial charge in [0.1, 0.15) is 0 Å². The number of carbonyl (C=O) groups is 2. The molecule has 60 valence electrons. The molecule has 1 heterocycles. The van der Waals surface area contributed by atoms with Crippen LogP contribution in [0.4, 0.5) is 0 Å². The Balaban J connectivity index is 2.66. The lowest BCUT2D eigenvalue weighted by molar-refractivity contribution is -0.145. The Morgan fingerprint density at radius 2 is 2.09 bits per heavy atom. The van der Waals surface area contributed by atoms with E-state index in [4.69, 9.17) is 10.1 Å². The summed E-state index contributed by atoms with van der Waals surface area (Å²) in [6.07, 6.45) is -2.03. The van der Waals surface area contributed by atoms with Crippen molar-refractivity contribution >= 4 is 19.3 Å². The molecule has 1 aliphatic heterocycles. The maximum atomic E-state index is 10.5. The molecule has 0 aliphatic carbocycles. The van der Waals surface area contributed by atoms with Crippen molar-refractivity contribution in [1.82, 2.24) is 0 Å². The number of rotatable bonds is 0. The van der Waals surface area contributed by atoms with Gasteiger partial charge in [0.05, 0.1) is 6.42 Å². The zero-order valence-electron chi connectivity index (χ0n) is 5.39. The van der Waals surface area contributed by atoms with E-state index in [0.717, 1.165) is 0 Å². The van der Waals surface area contributed by atoms with Crippen LogP contribution in [0.2, 0.25) is 0 Å². The number of hydrogen-bond donors (Lipinski definition) is 2. The van der Waals surface area contributed by atoms with E-state index in [2.05, 4.69) is 9.31 Å². The summed E-state index contributed by atoms with van der Waals surface area (Å²) in [7, 11) is -1.90. The highest BCUT2D eigenvalue weighted by atomic mass is 16.7. The monoisotopic (exact) mass is 160 g/mol. The molecule has 11 heavy (non-hydrogen) atoms. The first-order valence-electron chi connectivity index (χ1n) is 2.85. The van der Waals surface area contributed by atoms with Gasteiger partial charge >= 0.3 is 13.3 Å². The molecule has 1 aliphatic rings. The van der Waals surface area contributed by atoms with E-state index in [-0.39, 0.29) is 0 Å². The Bertz CT molecular complexity index is 191. The van der Waals surface area contributed by atoms with Crippen LogP contribution in [-0.2, 0) is 18.9 Å². The second-order valence-electron chi connectivity index (χ2n) is 1.95. The van der Waals surface area contributed by atoms with Crippen LogP contribution in [0, 0.1) is 0 Å². The molecule has 0 saturated carbocycles. The van der Waals surface area contributed by atoms with Crippen molar-refractivity contribution in [3.8, 4) is 0 Å². The average Bonchev–Trinajstić information content (AvgIpc) is 1.93. The fraction of sp³-hybridized carbons (Fsp3) is 0.500. The van der Waals surface area contributed by atoms with E-state index in [1.807, 2.05) is 0 Å². The molecule has 2 N–H and O–H groups in total. The van der Waals surface area contributed by atoms with Crippen LogP contribution in [0.25, 0.3) is 0 Å². The van der Waals surface area contributed by atoms with Gasteiger partial charge in [-0.15, -0.1) is 0 Å². The van der Waals surface area contributed by atoms with Crippen molar-refractivity contribution in [1.29, 1.82) is 0 Å². The zero-order valence-corrected chi connectivity index (χ0v) is 5.39. The van der Waals surface area contributed by atoms with Crippen molar-refractivity contribution in [2.24, 2.45) is 0 Å². The first kappa shape index (κ1) is 8.03. The quantitative estimate of drug-likeness (QED) is 0.391. The van der Waals surface area contributed by atoms with E-state index in [9.17, 15) is 9.59 Å². The Kier molecular flexibility index (Phi) is 2.11. The van der Waals surface area contributed by atoms with Crippen LogP contribution >= 0.6 is 0 Å². The van der Waals surface area contributed by atoms with Gasteiger partial charge in [0.2, 0.25) is 0 Å². The molecule has 1 unspecified atom stereocenters. The van der Waals surface area contributed by atoms with Gasteiger partial charge < -0.3 is 19.4 Å². The zero-order chi connectivity index (χ0) is 8.43. The van der Waals surface area contributed by atoms with Crippen molar-refractivity contribution in [2.75, 3.05) is 0 Å². The Labute approximate surface area is 61.9 Å². The molecule has 6 nitrogen and oxygen atoms in total. The van der Waals surface area contributed by atoms with Crippen LogP contribution in [0.1, 0.15) is 6.42 Å². The van der Waals surface area contributed by atoms with Gasteiger partial charge in [-0.2, -0.15) is 0 Å². The third kappa shape index (κ3) is 1.92. The highest BCUT2D eigenvalue weighted by Crippen LogP contribution is 2.04. The number of hydrogen-bond acceptors (Lipinski definition) is 6. The molecule has 0 amide bonds. The standard InChI is InChI=1S/C4H5BO6/c6-2-1-3(7)10-5(9)11-4(2)8/h2,6,9H,1H2. The van der Waals surface area contributed by atoms with Crippen LogP contribution in [-0.4, -0.2) is 35.5 Å². The van der Waals surface area contributed by atoms with Crippen molar-refractivity contribution in [2.45, 2.75) is 12.5 Å². The molecule has 1 atom stereocenters. The maximum Gasteiger partial charge on any atom is 0.789 e. The molecule has 0 aromatic rings. The highest BCUT2D eigenvalue weighted by Gasteiger charge is 2.36. The summed E-state index contributed by atoms with van der Waals surface area (Å²) >= 11 is 0. The molecule has 1 fully saturated rings. The molecule has 0 aromatic carbocycles. The minimum Gasteiger partial charge on any atom is -0.474 e. The summed E-state index contributed by atoms with van der Waals surface area (Å²) < 4.78 is 8.08. The lowest BCUT2D eigenvalue weighted by Crippen LogP contribution is -2.27. The minimum absolute atomic E-state index is 0.490. The predicted octanol–water partition coefficient (Wildman–Crippen LogP) is -2.19. The topological polar surface area (TPSA) is 93.1 Å². The van der Waals surface area contributed by atoms with Crippen molar-refractivity contribution in [3.05, 3.63) is 0 Å². The molecular weight excluding hydrogens is 155 g/mol. The molecule has 0 bridgehead atoms. The highest BCUT2D eigenvalue weighted by molar-refractivity contribution is 6.40. The Morgan fingerprint density at radius 3 is 2.73 bits per heavy atom. The second-order valence-corrected chi connectivity index (χ2v) is 1.95. The van der Waals surface area contributed by atoms with Gasteiger partial charge in [0.15, 0.2) is 6.10 Å². The van der Waals surface area contributed by atoms with Crippen LogP contribution in [0.5, 0.6) is 0 Å². The predicted molar refractivity (Wildman–Crippen MR) is 30.8 cm³/mol. The van der Waals surface area contributed by atoms with Gasteiger partial charge in [-0.25, -0.2) is 0 Å². The van der Waals surface area contributed by atoms with E-state index in [1.54, 1.807) is 0 Å². The second kappa shape index (κ2) is 2.89. The van der Waals surface area contributed by atoms with Gasteiger partial charge in [0, 0.05) is 0 Å². The smallest absolute Gasteiger partial charge is 0.474 e. The third-order valence-corrected chi connectivity index (χ3v) is 1.08. The normalized spacial score (nSPS) is 25.6. The first-order chi connectivity index (χ1) is 5.09. The number of aliphatic hydroxyl groups excluding tert-OH is 1. The van der Waals surface area contributed by atoms with Crippen LogP contribution in [0.3, 0.4) is 0 Å². The van der Waals surface area contributed by atoms with E-state index in [0.29, 0.717) is 0 Å². The summed E-state index contributed by atoms with van der Waals surface area (Å²) in [5.74, 6) is -1.95. The molecular formula is C4H5BO6. The number of aliphatic hydroxyl groups is 1. The van der Waals surface area contributed by atoms with Gasteiger partial charge in [-0.05, 0) is 0 Å². The first-order valence-corrected chi connectivity index (χ1v) is 2.85. The van der Waals surface area contributed by atoms with Crippen LogP contribution in [0.15, 0.2) is 0 Å². The number of carbonyl (C=O) groups excluding carboxylic acids is 2. The minimum atomic E-state index is -1.90. The SMILES string of the molecule is O=C1CC(O)C(=O)OB(O)O1. The lowest BCUT2D eigenvalue weighted by Gasteiger charge is -2.01. The average molecular weight is 160 g/mol. The van der Waals surface area contributed by atoms with E-state index < -0.39 is 31.8 Å². The summed E-state index contributed by atoms with van der Waals surface area (Å²) in [4.78, 5) is 21.0. The molecule has 1 rings (SSSR count). The molecule has 0 spiro atoms. The van der Waals surface area contributed by atoms with Gasteiger partial charge in [0.25, 0.3) is 5.97 Å². The third-order valence-electron chi connectivity index (χ3n) is 1.08. The van der Waals surface area contributed by atoms with Gasteiger partial charge in [-0.3, -0.25) is 9.59 Å². The Morgan fingerprint density at radius 1 is 1.45 bits per heavy atom. The van der Waals surface area contributed by atoms with E-state index in [1.165, 1.54) is 0 Å². The van der Waals surface area contributed by atoms with Crippen LogP contribution < -0.4 is 0 Å². The molecule has 7 heteroatoms. The molecule has 0 radical (unpaired) electrons. The maximum absolute atomic E-state index is 10.5.